The zero-order chi connectivity index (χ0) is 37.3. The average molecular weight is 770 g/mol. The van der Waals surface area contributed by atoms with Gasteiger partial charge in [-0.05, 0) is 81.4 Å². The highest BCUT2D eigenvalue weighted by Gasteiger charge is 2.36. The van der Waals surface area contributed by atoms with E-state index in [4.69, 9.17) is 42.5 Å². The molecule has 2 aromatic rings. The van der Waals surface area contributed by atoms with Crippen molar-refractivity contribution in [3.05, 3.63) is 45.4 Å². The number of phenolic OH excluding ortho intramolecular Hbond substituents is 3. The predicted molar refractivity (Wildman–Crippen MR) is 180 cm³/mol. The van der Waals surface area contributed by atoms with Gasteiger partial charge in [0.2, 0.25) is 0 Å². The second kappa shape index (κ2) is 17.1. The minimum absolute atomic E-state index is 0.0156. The molecule has 2 rings (SSSR count). The molecule has 0 aromatic heterocycles. The molecule has 0 spiro atoms. The second-order valence-corrected chi connectivity index (χ2v) is 15.5. The number of carbonyl (C=O) groups excluding carboxylic acids is 4. The minimum atomic E-state index is -1.34. The van der Waals surface area contributed by atoms with Gasteiger partial charge in [0, 0.05) is 12.1 Å². The number of hydrogen-bond donors (Lipinski definition) is 3. The topological polar surface area (TPSA) is 175 Å². The van der Waals surface area contributed by atoms with Crippen molar-refractivity contribution in [3.8, 4) is 23.0 Å². The van der Waals surface area contributed by atoms with Crippen molar-refractivity contribution in [3.63, 3.8) is 0 Å². The highest BCUT2D eigenvalue weighted by atomic mass is 79.9. The van der Waals surface area contributed by atoms with Crippen LogP contribution in [-0.4, -0.2) is 74.5 Å². The van der Waals surface area contributed by atoms with Crippen LogP contribution in [0.15, 0.2) is 24.3 Å². The van der Waals surface area contributed by atoms with E-state index < -0.39 is 39.0 Å². The summed E-state index contributed by atoms with van der Waals surface area (Å²) in [6, 6.07) is 4.48. The first kappa shape index (κ1) is 43.6. The number of benzene rings is 2. The van der Waals surface area contributed by atoms with E-state index in [-0.39, 0.29) is 50.1 Å². The standard InChI is InChI=1S/C16H21ClO6.C8H15BrO2.C8H7ClO4/c1-15(2,3)23-14(20)16(4,5)22-12-8-11(18)9(7-10(12)17)13(19)21-6;1-7(2,3)11-6(10)8(4,5)9;1-13-8(12)4-2-5(9)7(11)3-6(4)10/h7-8,18H,1-6H3;1-5H3;2-3,10-11H,1H3. The fourth-order valence-corrected chi connectivity index (χ4v) is 3.28. The van der Waals surface area contributed by atoms with Crippen molar-refractivity contribution in [1.29, 1.82) is 0 Å². The van der Waals surface area contributed by atoms with Crippen LogP contribution in [-0.2, 0) is 28.5 Å². The Labute approximate surface area is 293 Å². The first-order chi connectivity index (χ1) is 21.1. The van der Waals surface area contributed by atoms with Gasteiger partial charge in [-0.15, -0.1) is 0 Å². The SMILES string of the molecule is CC(C)(C)OC(=O)C(C)(C)Br.COC(=O)c1cc(Cl)c(O)cc1O.COC(=O)c1cc(Cl)c(OC(C)(C)C(=O)OC(C)(C)C)cc1O. The summed E-state index contributed by atoms with van der Waals surface area (Å²) in [5.74, 6) is -3.23. The lowest BCUT2D eigenvalue weighted by Crippen LogP contribution is -2.43. The first-order valence-electron chi connectivity index (χ1n) is 13.8. The normalized spacial score (nSPS) is 11.5. The summed E-state index contributed by atoms with van der Waals surface area (Å²) in [4.78, 5) is 45.9. The minimum Gasteiger partial charge on any atom is -0.507 e. The lowest BCUT2D eigenvalue weighted by molar-refractivity contribution is -0.171. The van der Waals surface area contributed by atoms with Crippen LogP contribution in [0.3, 0.4) is 0 Å². The molecule has 0 saturated carbocycles. The summed E-state index contributed by atoms with van der Waals surface area (Å²) >= 11 is 14.8. The van der Waals surface area contributed by atoms with E-state index in [2.05, 4.69) is 25.4 Å². The highest BCUT2D eigenvalue weighted by molar-refractivity contribution is 9.10. The quantitative estimate of drug-likeness (QED) is 0.151. The molecule has 2 aromatic carbocycles. The summed E-state index contributed by atoms with van der Waals surface area (Å²) < 4.78 is 24.3. The molecule has 0 aliphatic carbocycles. The third-order valence-electron chi connectivity index (χ3n) is 5.07. The summed E-state index contributed by atoms with van der Waals surface area (Å²) in [6.45, 7) is 17.3. The number of rotatable bonds is 6. The molecule has 0 unspecified atom stereocenters. The van der Waals surface area contributed by atoms with Gasteiger partial charge in [-0.3, -0.25) is 4.79 Å². The molecule has 0 heterocycles. The predicted octanol–water partition coefficient (Wildman–Crippen LogP) is 7.37. The van der Waals surface area contributed by atoms with Crippen molar-refractivity contribution in [2.24, 2.45) is 0 Å². The van der Waals surface area contributed by atoms with Crippen LogP contribution in [0.2, 0.25) is 10.0 Å². The van der Waals surface area contributed by atoms with Crippen molar-refractivity contribution in [2.45, 2.75) is 90.4 Å². The van der Waals surface area contributed by atoms with Crippen molar-refractivity contribution >= 4 is 63.0 Å². The van der Waals surface area contributed by atoms with Gasteiger partial charge < -0.3 is 39.0 Å². The van der Waals surface area contributed by atoms with Gasteiger partial charge >= 0.3 is 23.9 Å². The number of aromatic hydroxyl groups is 3. The van der Waals surface area contributed by atoms with Crippen LogP contribution < -0.4 is 4.74 Å². The van der Waals surface area contributed by atoms with Gasteiger partial charge in [0.25, 0.3) is 0 Å². The van der Waals surface area contributed by atoms with Gasteiger partial charge in [-0.2, -0.15) is 0 Å². The lowest BCUT2D eigenvalue weighted by atomic mass is 10.1. The zero-order valence-electron chi connectivity index (χ0n) is 28.5. The molecular formula is C32H43BrCl2O12. The monoisotopic (exact) mass is 768 g/mol. The Morgan fingerprint density at radius 2 is 1.00 bits per heavy atom. The zero-order valence-corrected chi connectivity index (χ0v) is 31.6. The van der Waals surface area contributed by atoms with Crippen LogP contribution in [0, 0.1) is 0 Å². The number of hydrogen-bond acceptors (Lipinski definition) is 12. The number of ether oxygens (including phenoxy) is 5. The van der Waals surface area contributed by atoms with Gasteiger partial charge in [-0.1, -0.05) is 39.1 Å². The third-order valence-corrected chi connectivity index (χ3v) is 5.99. The van der Waals surface area contributed by atoms with E-state index in [1.807, 2.05) is 20.8 Å². The Balaban J connectivity index is 0.000000744. The van der Waals surface area contributed by atoms with E-state index in [0.29, 0.717) is 0 Å². The summed E-state index contributed by atoms with van der Waals surface area (Å²) in [5, 5.41) is 28.2. The van der Waals surface area contributed by atoms with E-state index in [1.165, 1.54) is 34.1 Å². The Bertz CT molecular complexity index is 1440. The molecule has 264 valence electrons. The van der Waals surface area contributed by atoms with Gasteiger partial charge in [0.1, 0.15) is 49.7 Å². The van der Waals surface area contributed by atoms with Crippen LogP contribution in [0.5, 0.6) is 23.0 Å². The number of phenols is 3. The number of methoxy groups -OCH3 is 2. The molecule has 0 radical (unpaired) electrons. The van der Waals surface area contributed by atoms with E-state index in [9.17, 15) is 29.4 Å². The number of alkyl halides is 1. The van der Waals surface area contributed by atoms with Gasteiger partial charge in [0.15, 0.2) is 5.60 Å². The molecule has 15 heteroatoms. The second-order valence-electron chi connectivity index (χ2n) is 12.7. The molecule has 47 heavy (non-hydrogen) atoms. The molecule has 0 amide bonds. The average Bonchev–Trinajstić information content (AvgIpc) is 2.90. The van der Waals surface area contributed by atoms with E-state index in [1.54, 1.807) is 34.6 Å². The van der Waals surface area contributed by atoms with Crippen LogP contribution in [0.4, 0.5) is 0 Å². The molecule has 0 bridgehead atoms. The summed E-state index contributed by atoms with van der Waals surface area (Å²) in [6.07, 6.45) is 0. The Morgan fingerprint density at radius 1 is 0.617 bits per heavy atom. The fraction of sp³-hybridized carbons (Fsp3) is 0.500. The van der Waals surface area contributed by atoms with Crippen LogP contribution in [0.25, 0.3) is 0 Å². The summed E-state index contributed by atoms with van der Waals surface area (Å²) in [7, 11) is 2.37. The molecule has 0 aliphatic heterocycles. The molecular weight excluding hydrogens is 727 g/mol. The molecule has 0 saturated heterocycles. The maximum absolute atomic E-state index is 12.2. The lowest BCUT2D eigenvalue weighted by Gasteiger charge is -2.29. The Morgan fingerprint density at radius 3 is 1.36 bits per heavy atom. The number of carbonyl (C=O) groups is 4. The van der Waals surface area contributed by atoms with Crippen LogP contribution in [0.1, 0.15) is 90.0 Å². The highest BCUT2D eigenvalue weighted by Crippen LogP contribution is 2.35. The molecule has 0 atom stereocenters. The van der Waals surface area contributed by atoms with Crippen molar-refractivity contribution in [2.75, 3.05) is 14.2 Å². The molecule has 0 aliphatic rings. The van der Waals surface area contributed by atoms with Crippen LogP contribution >= 0.6 is 39.1 Å². The maximum atomic E-state index is 12.2. The van der Waals surface area contributed by atoms with E-state index >= 15 is 0 Å². The number of halogens is 3. The summed E-state index contributed by atoms with van der Waals surface area (Å²) in [5.41, 5.74) is -2.58. The smallest absolute Gasteiger partial charge is 0.350 e. The van der Waals surface area contributed by atoms with Crippen molar-refractivity contribution < 1.29 is 58.2 Å². The third kappa shape index (κ3) is 15.4. The Hall–Kier alpha value is -3.42. The van der Waals surface area contributed by atoms with E-state index in [0.717, 1.165) is 18.2 Å². The molecule has 12 nitrogen and oxygen atoms in total. The van der Waals surface area contributed by atoms with Crippen molar-refractivity contribution in [1.82, 2.24) is 0 Å². The number of esters is 4. The first-order valence-corrected chi connectivity index (χ1v) is 15.4. The fourth-order valence-electron chi connectivity index (χ4n) is 2.84. The van der Waals surface area contributed by atoms with Gasteiger partial charge in [0.05, 0.1) is 24.3 Å². The Kier molecular flexibility index (Phi) is 15.9. The molecule has 0 fully saturated rings. The van der Waals surface area contributed by atoms with Gasteiger partial charge in [-0.25, -0.2) is 14.4 Å². The molecule has 3 N–H and O–H groups in total. The maximum Gasteiger partial charge on any atom is 0.350 e. The largest absolute Gasteiger partial charge is 0.507 e.